The van der Waals surface area contributed by atoms with Crippen molar-refractivity contribution in [1.29, 1.82) is 0 Å². The Bertz CT molecular complexity index is 258. The van der Waals surface area contributed by atoms with Gasteiger partial charge in [0, 0.05) is 0 Å². The van der Waals surface area contributed by atoms with Gasteiger partial charge in [-0.3, -0.25) is 0 Å². The molecule has 4 heteroatoms. The van der Waals surface area contributed by atoms with E-state index in [0.717, 1.165) is 23.7 Å². The Morgan fingerprint density at radius 1 is 0.324 bits per heavy atom. The van der Waals surface area contributed by atoms with E-state index in [1.54, 1.807) is 0 Å². The van der Waals surface area contributed by atoms with Crippen molar-refractivity contribution in [1.82, 2.24) is 21.3 Å². The molecule has 0 aromatic rings. The lowest BCUT2D eigenvalue weighted by molar-refractivity contribution is 0.402. The van der Waals surface area contributed by atoms with Gasteiger partial charge in [0.25, 0.3) is 0 Å². The van der Waals surface area contributed by atoms with Crippen molar-refractivity contribution in [2.45, 2.75) is 122 Å². The normalized spacial score (nSPS) is 23.3. The maximum atomic E-state index is 3.32. The van der Waals surface area contributed by atoms with Crippen molar-refractivity contribution in [2.75, 3.05) is 52.4 Å². The summed E-state index contributed by atoms with van der Waals surface area (Å²) in [5, 5.41) is 13.2. The zero-order chi connectivity index (χ0) is 27.0. The van der Waals surface area contributed by atoms with Crippen molar-refractivity contribution in [2.24, 2.45) is 23.7 Å². The number of hydrogen-bond acceptors (Lipinski definition) is 4. The SMILES string of the molecule is CC.CC.CC.CC.CC1CCNCC1.CC1CCNCC1.C[C@@H]1CCNC1.C[C@H]1CCNC1. The molecule has 2 atom stereocenters. The molecule has 4 heterocycles. The quantitative estimate of drug-likeness (QED) is 0.288. The van der Waals surface area contributed by atoms with Crippen LogP contribution >= 0.6 is 0 Å². The third-order valence-corrected chi connectivity index (χ3v) is 5.87. The van der Waals surface area contributed by atoms with E-state index in [1.807, 2.05) is 55.4 Å². The molecule has 4 aliphatic heterocycles. The van der Waals surface area contributed by atoms with Gasteiger partial charge in [0.1, 0.15) is 0 Å². The Morgan fingerprint density at radius 3 is 0.618 bits per heavy atom. The molecule has 0 aliphatic carbocycles. The van der Waals surface area contributed by atoms with Crippen molar-refractivity contribution >= 4 is 0 Å². The van der Waals surface area contributed by atoms with Gasteiger partial charge < -0.3 is 21.3 Å². The second-order valence-electron chi connectivity index (χ2n) is 9.06. The van der Waals surface area contributed by atoms with Gasteiger partial charge in [0.2, 0.25) is 0 Å². The molecule has 0 aromatic carbocycles. The van der Waals surface area contributed by atoms with Crippen molar-refractivity contribution in [3.63, 3.8) is 0 Å². The van der Waals surface area contributed by atoms with Crippen LogP contribution < -0.4 is 21.3 Å². The molecule has 34 heavy (non-hydrogen) atoms. The molecule has 4 nitrogen and oxygen atoms in total. The number of piperidine rings is 2. The van der Waals surface area contributed by atoms with Gasteiger partial charge in [0.15, 0.2) is 0 Å². The average Bonchev–Trinajstić information content (AvgIpc) is 3.60. The third-order valence-electron chi connectivity index (χ3n) is 5.87. The summed E-state index contributed by atoms with van der Waals surface area (Å²) in [6, 6.07) is 0. The fourth-order valence-electron chi connectivity index (χ4n) is 3.53. The second kappa shape index (κ2) is 37.4. The van der Waals surface area contributed by atoms with Crippen LogP contribution in [0.1, 0.15) is 122 Å². The summed E-state index contributed by atoms with van der Waals surface area (Å²) in [6.45, 7) is 35.1. The summed E-state index contributed by atoms with van der Waals surface area (Å²) in [7, 11) is 0. The smallest absolute Gasteiger partial charge is 0.00227 e. The van der Waals surface area contributed by atoms with Crippen molar-refractivity contribution in [3.05, 3.63) is 0 Å². The zero-order valence-corrected chi connectivity index (χ0v) is 26.2. The first-order chi connectivity index (χ1) is 16.6. The van der Waals surface area contributed by atoms with E-state index < -0.39 is 0 Å². The van der Waals surface area contributed by atoms with Gasteiger partial charge in [-0.15, -0.1) is 0 Å². The van der Waals surface area contributed by atoms with Crippen LogP contribution in [0.2, 0.25) is 0 Å². The Morgan fingerprint density at radius 2 is 0.529 bits per heavy atom. The average molecular weight is 489 g/mol. The molecular weight excluding hydrogens is 416 g/mol. The van der Waals surface area contributed by atoms with Gasteiger partial charge in [-0.25, -0.2) is 0 Å². The zero-order valence-electron chi connectivity index (χ0n) is 26.2. The van der Waals surface area contributed by atoms with Gasteiger partial charge in [-0.2, -0.15) is 0 Å². The van der Waals surface area contributed by atoms with Crippen LogP contribution in [0.4, 0.5) is 0 Å². The number of hydrogen-bond donors (Lipinski definition) is 4. The molecular formula is C30H72N4. The fraction of sp³-hybridized carbons (Fsp3) is 1.00. The molecule has 0 bridgehead atoms. The third kappa shape index (κ3) is 34.0. The largest absolute Gasteiger partial charge is 0.317 e. The molecule has 0 radical (unpaired) electrons. The van der Waals surface area contributed by atoms with Gasteiger partial charge >= 0.3 is 0 Å². The molecule has 0 aromatic heterocycles. The summed E-state index contributed by atoms with van der Waals surface area (Å²) in [4.78, 5) is 0. The Kier molecular flexibility index (Phi) is 45.1. The first kappa shape index (κ1) is 41.0. The van der Waals surface area contributed by atoms with E-state index in [4.69, 9.17) is 0 Å². The van der Waals surface area contributed by atoms with Crippen molar-refractivity contribution < 1.29 is 0 Å². The minimum atomic E-state index is 0.935. The van der Waals surface area contributed by atoms with Crippen LogP contribution in [0.5, 0.6) is 0 Å². The molecule has 0 unspecified atom stereocenters. The summed E-state index contributed by atoms with van der Waals surface area (Å²) in [5.74, 6) is 3.82. The van der Waals surface area contributed by atoms with Crippen LogP contribution in [0.15, 0.2) is 0 Å². The minimum absolute atomic E-state index is 0.935. The van der Waals surface area contributed by atoms with Crippen LogP contribution in [0, 0.1) is 23.7 Å². The molecule has 4 aliphatic rings. The summed E-state index contributed by atoms with van der Waals surface area (Å²) < 4.78 is 0. The van der Waals surface area contributed by atoms with E-state index in [9.17, 15) is 0 Å². The summed E-state index contributed by atoms with van der Waals surface area (Å²) >= 11 is 0. The minimum Gasteiger partial charge on any atom is -0.317 e. The van der Waals surface area contributed by atoms with Crippen molar-refractivity contribution in [3.8, 4) is 0 Å². The maximum absolute atomic E-state index is 3.32. The summed E-state index contributed by atoms with van der Waals surface area (Å²) in [5.41, 5.74) is 0. The van der Waals surface area contributed by atoms with Gasteiger partial charge in [-0.1, -0.05) is 83.1 Å². The highest BCUT2D eigenvalue weighted by molar-refractivity contribution is 4.66. The summed E-state index contributed by atoms with van der Waals surface area (Å²) in [6.07, 6.45) is 8.25. The highest BCUT2D eigenvalue weighted by atomic mass is 14.9. The molecule has 4 N–H and O–H groups in total. The lowest BCUT2D eigenvalue weighted by Crippen LogP contribution is -2.26. The van der Waals surface area contributed by atoms with Crippen LogP contribution in [-0.2, 0) is 0 Å². The lowest BCUT2D eigenvalue weighted by Gasteiger charge is -2.17. The molecule has 0 spiro atoms. The Hall–Kier alpha value is -0.160. The number of rotatable bonds is 0. The monoisotopic (exact) mass is 489 g/mol. The fourth-order valence-corrected chi connectivity index (χ4v) is 3.53. The van der Waals surface area contributed by atoms with Crippen LogP contribution in [0.25, 0.3) is 0 Å². The molecule has 4 rings (SSSR count). The van der Waals surface area contributed by atoms with Crippen LogP contribution in [0.3, 0.4) is 0 Å². The van der Waals surface area contributed by atoms with E-state index in [1.165, 1.54) is 90.9 Å². The van der Waals surface area contributed by atoms with Gasteiger partial charge in [0.05, 0.1) is 0 Å². The predicted octanol–water partition coefficient (Wildman–Crippen LogP) is 7.35. The lowest BCUT2D eigenvalue weighted by atomic mass is 10.0. The van der Waals surface area contributed by atoms with E-state index in [0.29, 0.717) is 0 Å². The molecule has 0 amide bonds. The highest BCUT2D eigenvalue weighted by Gasteiger charge is 2.07. The molecule has 212 valence electrons. The maximum Gasteiger partial charge on any atom is -0.00227 e. The van der Waals surface area contributed by atoms with E-state index >= 15 is 0 Å². The van der Waals surface area contributed by atoms with E-state index in [-0.39, 0.29) is 0 Å². The Labute approximate surface area is 219 Å². The topological polar surface area (TPSA) is 48.1 Å². The predicted molar refractivity (Wildman–Crippen MR) is 161 cm³/mol. The van der Waals surface area contributed by atoms with Gasteiger partial charge in [-0.05, 0) is 115 Å². The second-order valence-corrected chi connectivity index (χ2v) is 9.06. The molecule has 4 saturated heterocycles. The van der Waals surface area contributed by atoms with E-state index in [2.05, 4.69) is 49.0 Å². The Balaban J connectivity index is -0.000000161. The highest BCUT2D eigenvalue weighted by Crippen LogP contribution is 2.09. The number of nitrogens with one attached hydrogen (secondary N) is 4. The van der Waals surface area contributed by atoms with Crippen LogP contribution in [-0.4, -0.2) is 52.4 Å². The first-order valence-corrected chi connectivity index (χ1v) is 15.4. The molecule has 4 fully saturated rings. The standard InChI is InChI=1S/2C6H13N.2C5H11N.4C2H6/c2*1-6-2-4-7-5-3-6;2*1-5-2-3-6-4-5;4*1-2/h2*6-7H,2-5H2,1H3;2*5-6H,2-4H2,1H3;4*1-2H3/t;;2*5-;;;;/m..10..../s1. The molecule has 0 saturated carbocycles. The first-order valence-electron chi connectivity index (χ1n) is 15.4.